The van der Waals surface area contributed by atoms with Gasteiger partial charge in [-0.25, -0.2) is 0 Å². The van der Waals surface area contributed by atoms with Crippen LogP contribution in [0.4, 0.5) is 5.69 Å². The van der Waals surface area contributed by atoms with E-state index in [0.29, 0.717) is 11.6 Å². The van der Waals surface area contributed by atoms with Gasteiger partial charge in [0.05, 0.1) is 13.7 Å². The number of nitrogens with one attached hydrogen (secondary N) is 1. The lowest BCUT2D eigenvalue weighted by Crippen LogP contribution is -2.45. The molecule has 1 aromatic heterocycles. The molecule has 8 heteroatoms. The van der Waals surface area contributed by atoms with E-state index in [4.69, 9.17) is 4.74 Å². The van der Waals surface area contributed by atoms with Gasteiger partial charge in [0, 0.05) is 38.4 Å². The second-order valence-corrected chi connectivity index (χ2v) is 8.69. The van der Waals surface area contributed by atoms with Crippen molar-refractivity contribution in [3.05, 3.63) is 69.7 Å². The van der Waals surface area contributed by atoms with Crippen molar-refractivity contribution < 1.29 is 9.53 Å². The van der Waals surface area contributed by atoms with Crippen LogP contribution in [0.1, 0.15) is 25.9 Å². The Morgan fingerprint density at radius 1 is 1.03 bits per heavy atom. The Kier molecular flexibility index (Phi) is 6.79. The second kappa shape index (κ2) is 9.89. The SMILES string of the molecule is COc1ccc(N2CCN(Cc3nnc(C(=O)NCc4ccc(C)cc4)s3)CC2)cc1. The average Bonchev–Trinajstić information content (AvgIpc) is 3.28. The van der Waals surface area contributed by atoms with Crippen molar-refractivity contribution in [2.75, 3.05) is 38.2 Å². The third kappa shape index (κ3) is 5.59. The lowest BCUT2D eigenvalue weighted by molar-refractivity contribution is 0.0950. The highest BCUT2D eigenvalue weighted by Gasteiger charge is 2.20. The summed E-state index contributed by atoms with van der Waals surface area (Å²) in [4.78, 5) is 17.1. The number of aryl methyl sites for hydroxylation is 1. The van der Waals surface area contributed by atoms with Gasteiger partial charge in [-0.15, -0.1) is 10.2 Å². The normalized spacial score (nSPS) is 14.5. The van der Waals surface area contributed by atoms with Crippen LogP contribution in [0.15, 0.2) is 48.5 Å². The summed E-state index contributed by atoms with van der Waals surface area (Å²) in [5.41, 5.74) is 3.48. The molecule has 0 bridgehead atoms. The molecule has 4 rings (SSSR count). The number of ether oxygens (including phenoxy) is 1. The number of hydrogen-bond acceptors (Lipinski definition) is 7. The molecule has 0 aliphatic carbocycles. The predicted octanol–water partition coefficient (Wildman–Crippen LogP) is 3.11. The zero-order valence-corrected chi connectivity index (χ0v) is 18.7. The van der Waals surface area contributed by atoms with Crippen molar-refractivity contribution in [1.29, 1.82) is 0 Å². The molecule has 162 valence electrons. The third-order valence-corrected chi connectivity index (χ3v) is 6.31. The van der Waals surface area contributed by atoms with Gasteiger partial charge in [0.15, 0.2) is 0 Å². The maximum atomic E-state index is 12.4. The molecular weight excluding hydrogens is 410 g/mol. The summed E-state index contributed by atoms with van der Waals surface area (Å²) in [5.74, 6) is 0.700. The Balaban J connectivity index is 1.25. The number of aromatic nitrogens is 2. The molecule has 2 heterocycles. The number of anilines is 1. The van der Waals surface area contributed by atoms with Crippen molar-refractivity contribution in [1.82, 2.24) is 20.4 Å². The smallest absolute Gasteiger partial charge is 0.282 e. The molecule has 2 aromatic carbocycles. The zero-order valence-electron chi connectivity index (χ0n) is 17.9. The molecule has 3 aromatic rings. The van der Waals surface area contributed by atoms with E-state index in [9.17, 15) is 4.79 Å². The highest BCUT2D eigenvalue weighted by Crippen LogP contribution is 2.21. The fraction of sp³-hybridized carbons (Fsp3) is 0.348. The van der Waals surface area contributed by atoms with Gasteiger partial charge in [-0.1, -0.05) is 41.2 Å². The lowest BCUT2D eigenvalue weighted by atomic mass is 10.1. The number of carbonyl (C=O) groups excluding carboxylic acids is 1. The first kappa shape index (κ1) is 21.3. The summed E-state index contributed by atoms with van der Waals surface area (Å²) in [6.07, 6.45) is 0. The molecule has 0 unspecified atom stereocenters. The minimum Gasteiger partial charge on any atom is -0.497 e. The standard InChI is InChI=1S/C23H27N5O2S/c1-17-3-5-18(6-4-17)15-24-22(29)23-26-25-21(31-23)16-27-11-13-28(14-12-27)19-7-9-20(30-2)10-8-19/h3-10H,11-16H2,1-2H3,(H,24,29). The fourth-order valence-electron chi connectivity index (χ4n) is 3.52. The summed E-state index contributed by atoms with van der Waals surface area (Å²) in [7, 11) is 1.68. The van der Waals surface area contributed by atoms with Gasteiger partial charge in [-0.3, -0.25) is 9.69 Å². The Bertz CT molecular complexity index is 996. The number of hydrogen-bond donors (Lipinski definition) is 1. The maximum Gasteiger partial charge on any atom is 0.282 e. The quantitative estimate of drug-likeness (QED) is 0.613. The van der Waals surface area contributed by atoms with Crippen molar-refractivity contribution in [2.45, 2.75) is 20.0 Å². The van der Waals surface area contributed by atoms with Crippen molar-refractivity contribution in [3.8, 4) is 5.75 Å². The molecule has 7 nitrogen and oxygen atoms in total. The molecule has 1 aliphatic heterocycles. The molecule has 1 fully saturated rings. The van der Waals surface area contributed by atoms with E-state index < -0.39 is 0 Å². The van der Waals surface area contributed by atoms with Crippen LogP contribution >= 0.6 is 11.3 Å². The Hall–Kier alpha value is -2.97. The molecular formula is C23H27N5O2S. The average molecular weight is 438 g/mol. The van der Waals surface area contributed by atoms with Gasteiger partial charge >= 0.3 is 0 Å². The first-order valence-corrected chi connectivity index (χ1v) is 11.2. The number of methoxy groups -OCH3 is 1. The highest BCUT2D eigenvalue weighted by atomic mass is 32.1. The van der Waals surface area contributed by atoms with Crippen LogP contribution in [-0.4, -0.2) is 54.3 Å². The minimum atomic E-state index is -0.173. The Morgan fingerprint density at radius 2 is 1.74 bits per heavy atom. The molecule has 0 spiro atoms. The summed E-state index contributed by atoms with van der Waals surface area (Å²) in [5, 5.41) is 12.5. The van der Waals surface area contributed by atoms with Crippen LogP contribution in [0.25, 0.3) is 0 Å². The number of piperazine rings is 1. The van der Waals surface area contributed by atoms with Crippen LogP contribution < -0.4 is 15.0 Å². The zero-order chi connectivity index (χ0) is 21.6. The van der Waals surface area contributed by atoms with E-state index in [1.807, 2.05) is 43.3 Å². The second-order valence-electron chi connectivity index (χ2n) is 7.63. The van der Waals surface area contributed by atoms with Crippen LogP contribution in [0.3, 0.4) is 0 Å². The molecule has 1 amide bonds. The molecule has 1 saturated heterocycles. The van der Waals surface area contributed by atoms with E-state index in [1.54, 1.807) is 7.11 Å². The topological polar surface area (TPSA) is 70.6 Å². The van der Waals surface area contributed by atoms with E-state index in [0.717, 1.165) is 49.0 Å². The summed E-state index contributed by atoms with van der Waals surface area (Å²) < 4.78 is 5.23. The lowest BCUT2D eigenvalue weighted by Gasteiger charge is -2.35. The fourth-order valence-corrected chi connectivity index (χ4v) is 4.32. The third-order valence-electron chi connectivity index (χ3n) is 5.40. The van der Waals surface area contributed by atoms with Crippen molar-refractivity contribution in [2.24, 2.45) is 0 Å². The largest absolute Gasteiger partial charge is 0.497 e. The van der Waals surface area contributed by atoms with E-state index >= 15 is 0 Å². The molecule has 1 aliphatic rings. The number of carbonyl (C=O) groups is 1. The summed E-state index contributed by atoms with van der Waals surface area (Å²) >= 11 is 1.37. The first-order chi connectivity index (χ1) is 15.1. The first-order valence-electron chi connectivity index (χ1n) is 10.4. The number of rotatable bonds is 7. The number of benzene rings is 2. The van der Waals surface area contributed by atoms with Crippen molar-refractivity contribution in [3.63, 3.8) is 0 Å². The van der Waals surface area contributed by atoms with Crippen LogP contribution in [0.2, 0.25) is 0 Å². The molecule has 1 N–H and O–H groups in total. The van der Waals surface area contributed by atoms with Crippen LogP contribution in [0.5, 0.6) is 5.75 Å². The number of amides is 1. The van der Waals surface area contributed by atoms with Gasteiger partial charge in [0.25, 0.3) is 5.91 Å². The Labute approximate surface area is 186 Å². The van der Waals surface area contributed by atoms with Crippen molar-refractivity contribution >= 4 is 22.9 Å². The van der Waals surface area contributed by atoms with Gasteiger partial charge in [-0.05, 0) is 36.8 Å². The predicted molar refractivity (Wildman–Crippen MR) is 123 cm³/mol. The van der Waals surface area contributed by atoms with Gasteiger partial charge in [0.1, 0.15) is 10.8 Å². The maximum absolute atomic E-state index is 12.4. The van der Waals surface area contributed by atoms with E-state index in [-0.39, 0.29) is 5.91 Å². The van der Waals surface area contributed by atoms with Gasteiger partial charge in [0.2, 0.25) is 5.01 Å². The monoisotopic (exact) mass is 437 g/mol. The highest BCUT2D eigenvalue weighted by molar-refractivity contribution is 7.13. The minimum absolute atomic E-state index is 0.173. The van der Waals surface area contributed by atoms with Crippen LogP contribution in [0, 0.1) is 6.92 Å². The molecule has 0 atom stereocenters. The molecule has 31 heavy (non-hydrogen) atoms. The summed E-state index contributed by atoms with van der Waals surface area (Å²) in [6.45, 7) is 7.05. The van der Waals surface area contributed by atoms with E-state index in [2.05, 4.69) is 37.4 Å². The Morgan fingerprint density at radius 3 is 2.42 bits per heavy atom. The van der Waals surface area contributed by atoms with Gasteiger partial charge < -0.3 is 15.0 Å². The molecule has 0 radical (unpaired) electrons. The van der Waals surface area contributed by atoms with Crippen LogP contribution in [-0.2, 0) is 13.1 Å². The number of nitrogens with zero attached hydrogens (tertiary/aromatic N) is 4. The summed E-state index contributed by atoms with van der Waals surface area (Å²) in [6, 6.07) is 16.3. The van der Waals surface area contributed by atoms with Gasteiger partial charge in [-0.2, -0.15) is 0 Å². The molecule has 0 saturated carbocycles. The van der Waals surface area contributed by atoms with E-state index in [1.165, 1.54) is 22.6 Å².